The van der Waals surface area contributed by atoms with Crippen LogP contribution in [0.5, 0.6) is 0 Å². The van der Waals surface area contributed by atoms with Crippen LogP contribution in [0.2, 0.25) is 0 Å². The maximum atomic E-state index is 10.9. The lowest BCUT2D eigenvalue weighted by atomic mass is 10.1. The normalized spacial score (nSPS) is 14.4. The molecule has 0 aliphatic rings. The molecule has 0 aliphatic heterocycles. The van der Waals surface area contributed by atoms with Gasteiger partial charge in [0, 0.05) is 0 Å². The first-order valence-corrected chi connectivity index (χ1v) is 4.95. The van der Waals surface area contributed by atoms with Crippen LogP contribution in [0.4, 0.5) is 0 Å². The first kappa shape index (κ1) is 12.6. The second-order valence-electron chi connectivity index (χ2n) is 3.45. The number of carboxylic acid groups (broad SMARTS) is 1. The summed E-state index contributed by atoms with van der Waals surface area (Å²) in [6.07, 6.45) is -0.961. The number of nitrogens with one attached hydrogen (secondary N) is 1. The van der Waals surface area contributed by atoms with Crippen molar-refractivity contribution in [2.24, 2.45) is 0 Å². The molecule has 1 aromatic carbocycles. The molecular weight excluding hydrogens is 210 g/mol. The molecule has 1 rings (SSSR count). The predicted molar refractivity (Wildman–Crippen MR) is 57.8 cm³/mol. The second kappa shape index (κ2) is 6.22. The molecule has 0 radical (unpaired) electrons. The van der Waals surface area contributed by atoms with Crippen LogP contribution in [0.15, 0.2) is 30.3 Å². The van der Waals surface area contributed by atoms with E-state index in [2.05, 4.69) is 5.32 Å². The average molecular weight is 225 g/mol. The van der Waals surface area contributed by atoms with Gasteiger partial charge in [-0.2, -0.15) is 0 Å². The van der Waals surface area contributed by atoms with E-state index in [1.807, 2.05) is 30.3 Å². The molecule has 0 saturated carbocycles. The van der Waals surface area contributed by atoms with Crippen molar-refractivity contribution in [1.82, 2.24) is 5.32 Å². The first-order chi connectivity index (χ1) is 7.63. The summed E-state index contributed by atoms with van der Waals surface area (Å²) < 4.78 is 0. The van der Waals surface area contributed by atoms with Gasteiger partial charge in [0.05, 0.1) is 6.61 Å². The minimum atomic E-state index is -1.22. The molecule has 1 unspecified atom stereocenters. The number of rotatable bonds is 6. The van der Waals surface area contributed by atoms with Gasteiger partial charge in [-0.25, -0.2) is 0 Å². The molecule has 1 aromatic rings. The van der Waals surface area contributed by atoms with Crippen molar-refractivity contribution in [2.75, 3.05) is 6.61 Å². The molecule has 5 heteroatoms. The van der Waals surface area contributed by atoms with Crippen molar-refractivity contribution in [1.29, 1.82) is 0 Å². The molecular formula is C11H15NO4. The molecule has 16 heavy (non-hydrogen) atoms. The zero-order valence-corrected chi connectivity index (χ0v) is 8.71. The van der Waals surface area contributed by atoms with Gasteiger partial charge < -0.3 is 15.3 Å². The molecule has 5 nitrogen and oxygen atoms in total. The van der Waals surface area contributed by atoms with Gasteiger partial charge >= 0.3 is 5.97 Å². The highest BCUT2D eigenvalue weighted by atomic mass is 16.4. The summed E-state index contributed by atoms with van der Waals surface area (Å²) in [6, 6.07) is 8.18. The monoisotopic (exact) mass is 225 g/mol. The second-order valence-corrected chi connectivity index (χ2v) is 3.45. The Morgan fingerprint density at radius 2 is 1.94 bits per heavy atom. The Morgan fingerprint density at radius 1 is 1.31 bits per heavy atom. The fourth-order valence-electron chi connectivity index (χ4n) is 1.35. The van der Waals surface area contributed by atoms with Crippen LogP contribution in [0.25, 0.3) is 0 Å². The van der Waals surface area contributed by atoms with Gasteiger partial charge in [-0.1, -0.05) is 30.3 Å². The Bertz CT molecular complexity index is 328. The topological polar surface area (TPSA) is 89.8 Å². The van der Waals surface area contributed by atoms with Gasteiger partial charge in [0.1, 0.15) is 12.3 Å². The van der Waals surface area contributed by atoms with E-state index in [-0.39, 0.29) is 6.42 Å². The number of hydrogen-bond donors (Lipinski definition) is 4. The zero-order chi connectivity index (χ0) is 12.0. The SMILES string of the molecule is O=C(O)[C@H](Cc1ccccc1)NC(O)CO. The zero-order valence-electron chi connectivity index (χ0n) is 8.71. The van der Waals surface area contributed by atoms with Gasteiger partial charge in [-0.15, -0.1) is 0 Å². The molecule has 0 bridgehead atoms. The average Bonchev–Trinajstić information content (AvgIpc) is 2.29. The fraction of sp³-hybridized carbons (Fsp3) is 0.364. The molecule has 0 aromatic heterocycles. The Kier molecular flexibility index (Phi) is 4.91. The van der Waals surface area contributed by atoms with E-state index in [4.69, 9.17) is 15.3 Å². The van der Waals surface area contributed by atoms with Crippen molar-refractivity contribution in [3.05, 3.63) is 35.9 Å². The van der Waals surface area contributed by atoms with Gasteiger partial charge in [0.2, 0.25) is 0 Å². The third-order valence-corrected chi connectivity index (χ3v) is 2.15. The number of aliphatic carboxylic acids is 1. The lowest BCUT2D eigenvalue weighted by Crippen LogP contribution is -2.46. The third-order valence-electron chi connectivity index (χ3n) is 2.15. The Balaban J connectivity index is 2.62. The van der Waals surface area contributed by atoms with E-state index in [0.29, 0.717) is 0 Å². The summed E-state index contributed by atoms with van der Waals surface area (Å²) in [5.41, 5.74) is 0.854. The van der Waals surface area contributed by atoms with Crippen LogP contribution >= 0.6 is 0 Å². The van der Waals surface area contributed by atoms with Crippen LogP contribution in [-0.4, -0.2) is 40.2 Å². The molecule has 0 saturated heterocycles. The quantitative estimate of drug-likeness (QED) is 0.494. The van der Waals surface area contributed by atoms with Crippen molar-refractivity contribution in [2.45, 2.75) is 18.7 Å². The van der Waals surface area contributed by atoms with Crippen molar-refractivity contribution in [3.63, 3.8) is 0 Å². The molecule has 88 valence electrons. The Hall–Kier alpha value is -1.43. The highest BCUT2D eigenvalue weighted by Crippen LogP contribution is 2.03. The molecule has 2 atom stereocenters. The molecule has 0 spiro atoms. The minimum absolute atomic E-state index is 0.257. The number of hydrogen-bond acceptors (Lipinski definition) is 4. The summed E-state index contributed by atoms with van der Waals surface area (Å²) in [5, 5.41) is 29.1. The lowest BCUT2D eigenvalue weighted by Gasteiger charge is -2.17. The number of carbonyl (C=O) groups is 1. The summed E-state index contributed by atoms with van der Waals surface area (Å²) in [6.45, 7) is -0.515. The summed E-state index contributed by atoms with van der Waals surface area (Å²) in [5.74, 6) is -1.06. The summed E-state index contributed by atoms with van der Waals surface area (Å²) >= 11 is 0. The highest BCUT2D eigenvalue weighted by Gasteiger charge is 2.20. The minimum Gasteiger partial charge on any atom is -0.480 e. The fourth-order valence-corrected chi connectivity index (χ4v) is 1.35. The molecule has 0 heterocycles. The highest BCUT2D eigenvalue weighted by molar-refractivity contribution is 5.73. The van der Waals surface area contributed by atoms with Gasteiger partial charge in [-0.05, 0) is 12.0 Å². The third kappa shape index (κ3) is 3.98. The van der Waals surface area contributed by atoms with Gasteiger partial charge in [-0.3, -0.25) is 10.1 Å². The van der Waals surface area contributed by atoms with Gasteiger partial charge in [0.15, 0.2) is 0 Å². The van der Waals surface area contributed by atoms with Crippen molar-refractivity contribution < 1.29 is 20.1 Å². The molecule has 0 aliphatic carbocycles. The van der Waals surface area contributed by atoms with Crippen LogP contribution in [0.1, 0.15) is 5.56 Å². The number of benzene rings is 1. The Morgan fingerprint density at radius 3 is 2.44 bits per heavy atom. The first-order valence-electron chi connectivity index (χ1n) is 4.95. The maximum Gasteiger partial charge on any atom is 0.321 e. The predicted octanol–water partition coefficient (Wildman–Crippen LogP) is -0.417. The van der Waals surface area contributed by atoms with E-state index < -0.39 is 24.8 Å². The smallest absolute Gasteiger partial charge is 0.321 e. The van der Waals surface area contributed by atoms with E-state index in [1.54, 1.807) is 0 Å². The largest absolute Gasteiger partial charge is 0.480 e. The van der Waals surface area contributed by atoms with Crippen molar-refractivity contribution in [3.8, 4) is 0 Å². The summed E-state index contributed by atoms with van der Waals surface area (Å²) in [4.78, 5) is 10.9. The molecule has 0 fully saturated rings. The van der Waals surface area contributed by atoms with E-state index in [0.717, 1.165) is 5.56 Å². The van der Waals surface area contributed by atoms with E-state index >= 15 is 0 Å². The van der Waals surface area contributed by atoms with Crippen LogP contribution in [0, 0.1) is 0 Å². The van der Waals surface area contributed by atoms with Gasteiger partial charge in [0.25, 0.3) is 0 Å². The number of aliphatic hydroxyl groups excluding tert-OH is 2. The van der Waals surface area contributed by atoms with Crippen LogP contribution in [0.3, 0.4) is 0 Å². The lowest BCUT2D eigenvalue weighted by molar-refractivity contribution is -0.140. The molecule has 4 N–H and O–H groups in total. The van der Waals surface area contributed by atoms with E-state index in [1.165, 1.54) is 0 Å². The van der Waals surface area contributed by atoms with Crippen LogP contribution < -0.4 is 5.32 Å². The van der Waals surface area contributed by atoms with E-state index in [9.17, 15) is 4.79 Å². The van der Waals surface area contributed by atoms with Crippen LogP contribution in [-0.2, 0) is 11.2 Å². The van der Waals surface area contributed by atoms with Crippen molar-refractivity contribution >= 4 is 5.97 Å². The Labute approximate surface area is 93.4 Å². The number of carboxylic acids is 1. The standard InChI is InChI=1S/C11H15NO4/c13-7-10(14)12-9(11(15)16)6-8-4-2-1-3-5-8/h1-5,9-10,12-14H,6-7H2,(H,15,16)/t9-,10?/m0/s1. The number of aliphatic hydroxyl groups is 2. The summed E-state index contributed by atoms with van der Waals surface area (Å²) in [7, 11) is 0. The molecule has 0 amide bonds. The maximum absolute atomic E-state index is 10.9.